The largest absolute Gasteiger partial charge is 0.305 e. The van der Waals surface area contributed by atoms with Gasteiger partial charge in [0.25, 0.3) is 0 Å². The van der Waals surface area contributed by atoms with Gasteiger partial charge in [-0.1, -0.05) is 18.2 Å². The molecule has 5 heteroatoms. The summed E-state index contributed by atoms with van der Waals surface area (Å²) in [5.74, 6) is 0. The number of nitrogens with zero attached hydrogens (tertiary/aromatic N) is 4. The Morgan fingerprint density at radius 2 is 1.90 bits per heavy atom. The lowest BCUT2D eigenvalue weighted by atomic mass is 10.3. The van der Waals surface area contributed by atoms with E-state index in [0.29, 0.717) is 0 Å². The molecule has 0 saturated carbocycles. The molecule has 0 aliphatic heterocycles. The molecule has 0 atom stereocenters. The van der Waals surface area contributed by atoms with Crippen molar-refractivity contribution in [2.75, 3.05) is 0 Å². The molecule has 2 aromatic heterocycles. The van der Waals surface area contributed by atoms with E-state index in [0.717, 1.165) is 30.2 Å². The summed E-state index contributed by atoms with van der Waals surface area (Å²) < 4.78 is 3.76. The number of para-hydroxylation sites is 1. The standard InChI is InChI=1S/C15H17N5/c1-19-15(7-9-17-19)12-16-11-13-8-10-20(18-13)14-5-3-2-4-6-14/h2-10,16H,11-12H2,1H3. The molecule has 20 heavy (non-hydrogen) atoms. The average molecular weight is 267 g/mol. The molecular formula is C15H17N5. The van der Waals surface area contributed by atoms with Gasteiger partial charge in [-0.3, -0.25) is 4.68 Å². The zero-order chi connectivity index (χ0) is 13.8. The maximum atomic E-state index is 4.55. The highest BCUT2D eigenvalue weighted by Gasteiger charge is 2.02. The van der Waals surface area contributed by atoms with Gasteiger partial charge in [0.1, 0.15) is 0 Å². The molecule has 3 aromatic rings. The lowest BCUT2D eigenvalue weighted by molar-refractivity contribution is 0.616. The first-order chi connectivity index (χ1) is 9.83. The van der Waals surface area contributed by atoms with Gasteiger partial charge in [-0.2, -0.15) is 10.2 Å². The molecule has 0 aliphatic carbocycles. The van der Waals surface area contributed by atoms with E-state index >= 15 is 0 Å². The van der Waals surface area contributed by atoms with Crippen molar-refractivity contribution in [3.8, 4) is 5.69 Å². The van der Waals surface area contributed by atoms with E-state index in [-0.39, 0.29) is 0 Å². The summed E-state index contributed by atoms with van der Waals surface area (Å²) in [6, 6.07) is 14.1. The van der Waals surface area contributed by atoms with Crippen LogP contribution in [0.1, 0.15) is 11.4 Å². The van der Waals surface area contributed by atoms with Gasteiger partial charge in [0.15, 0.2) is 0 Å². The molecule has 0 amide bonds. The van der Waals surface area contributed by atoms with E-state index in [1.54, 1.807) is 6.20 Å². The Morgan fingerprint density at radius 1 is 1.05 bits per heavy atom. The van der Waals surface area contributed by atoms with Crippen LogP contribution in [0, 0.1) is 0 Å². The van der Waals surface area contributed by atoms with Crippen molar-refractivity contribution >= 4 is 0 Å². The number of hydrogen-bond donors (Lipinski definition) is 1. The highest BCUT2D eigenvalue weighted by Crippen LogP contribution is 2.06. The molecule has 1 aromatic carbocycles. The second-order valence-electron chi connectivity index (χ2n) is 4.64. The van der Waals surface area contributed by atoms with Crippen LogP contribution >= 0.6 is 0 Å². The molecule has 0 saturated heterocycles. The van der Waals surface area contributed by atoms with E-state index in [9.17, 15) is 0 Å². The number of rotatable bonds is 5. The summed E-state index contributed by atoms with van der Waals surface area (Å²) in [6.07, 6.45) is 3.79. The zero-order valence-corrected chi connectivity index (χ0v) is 11.4. The van der Waals surface area contributed by atoms with Crippen molar-refractivity contribution in [2.24, 2.45) is 7.05 Å². The number of aryl methyl sites for hydroxylation is 1. The molecule has 0 fully saturated rings. The van der Waals surface area contributed by atoms with Gasteiger partial charge in [0.05, 0.1) is 17.1 Å². The Hall–Kier alpha value is -2.40. The van der Waals surface area contributed by atoms with Gasteiger partial charge in [-0.15, -0.1) is 0 Å². The SMILES string of the molecule is Cn1nccc1CNCc1ccn(-c2ccccc2)n1. The molecule has 102 valence electrons. The third kappa shape index (κ3) is 2.78. The lowest BCUT2D eigenvalue weighted by Gasteiger charge is -2.03. The monoisotopic (exact) mass is 267 g/mol. The fraction of sp³-hybridized carbons (Fsp3) is 0.200. The van der Waals surface area contributed by atoms with Crippen LogP contribution in [0.25, 0.3) is 5.69 Å². The maximum absolute atomic E-state index is 4.55. The van der Waals surface area contributed by atoms with Gasteiger partial charge in [0.2, 0.25) is 0 Å². The predicted molar refractivity (Wildman–Crippen MR) is 77.3 cm³/mol. The molecule has 0 radical (unpaired) electrons. The molecule has 5 nitrogen and oxygen atoms in total. The van der Waals surface area contributed by atoms with Crippen molar-refractivity contribution in [2.45, 2.75) is 13.1 Å². The van der Waals surface area contributed by atoms with E-state index in [1.807, 2.05) is 65.1 Å². The minimum absolute atomic E-state index is 0.741. The van der Waals surface area contributed by atoms with Crippen LogP contribution in [0.4, 0.5) is 0 Å². The van der Waals surface area contributed by atoms with Crippen molar-refractivity contribution in [1.29, 1.82) is 0 Å². The summed E-state index contributed by atoms with van der Waals surface area (Å²) in [7, 11) is 1.95. The zero-order valence-electron chi connectivity index (χ0n) is 11.4. The van der Waals surface area contributed by atoms with Crippen LogP contribution in [0.3, 0.4) is 0 Å². The number of benzene rings is 1. The topological polar surface area (TPSA) is 47.7 Å². The van der Waals surface area contributed by atoms with E-state index < -0.39 is 0 Å². The fourth-order valence-corrected chi connectivity index (χ4v) is 2.07. The van der Waals surface area contributed by atoms with Gasteiger partial charge >= 0.3 is 0 Å². The second-order valence-corrected chi connectivity index (χ2v) is 4.64. The van der Waals surface area contributed by atoms with Gasteiger partial charge in [-0.25, -0.2) is 4.68 Å². The van der Waals surface area contributed by atoms with E-state index in [1.165, 1.54) is 0 Å². The van der Waals surface area contributed by atoms with Crippen LogP contribution in [0.2, 0.25) is 0 Å². The Labute approximate surface area is 117 Å². The first-order valence-electron chi connectivity index (χ1n) is 6.60. The smallest absolute Gasteiger partial charge is 0.0767 e. The molecule has 0 aliphatic rings. The second kappa shape index (κ2) is 5.71. The highest BCUT2D eigenvalue weighted by atomic mass is 15.3. The van der Waals surface area contributed by atoms with Gasteiger partial charge < -0.3 is 5.32 Å². The summed E-state index contributed by atoms with van der Waals surface area (Å²) in [5, 5.41) is 12.1. The predicted octanol–water partition coefficient (Wildman–Crippen LogP) is 1.90. The molecular weight excluding hydrogens is 250 g/mol. The Morgan fingerprint density at radius 3 is 2.65 bits per heavy atom. The third-order valence-corrected chi connectivity index (χ3v) is 3.20. The number of aromatic nitrogens is 4. The van der Waals surface area contributed by atoms with Crippen LogP contribution in [0.15, 0.2) is 54.9 Å². The summed E-state index contributed by atoms with van der Waals surface area (Å²) in [6.45, 7) is 1.53. The maximum Gasteiger partial charge on any atom is 0.0767 e. The molecule has 0 spiro atoms. The Balaban J connectivity index is 1.59. The van der Waals surface area contributed by atoms with Crippen molar-refractivity contribution in [1.82, 2.24) is 24.9 Å². The number of hydrogen-bond acceptors (Lipinski definition) is 3. The minimum atomic E-state index is 0.741. The molecule has 1 N–H and O–H groups in total. The average Bonchev–Trinajstić information content (AvgIpc) is 3.10. The normalized spacial score (nSPS) is 10.8. The minimum Gasteiger partial charge on any atom is -0.305 e. The summed E-state index contributed by atoms with van der Waals surface area (Å²) in [4.78, 5) is 0. The van der Waals surface area contributed by atoms with Crippen molar-refractivity contribution < 1.29 is 0 Å². The Bertz CT molecular complexity index is 668. The fourth-order valence-electron chi connectivity index (χ4n) is 2.07. The van der Waals surface area contributed by atoms with E-state index in [2.05, 4.69) is 15.5 Å². The van der Waals surface area contributed by atoms with Crippen LogP contribution in [-0.2, 0) is 20.1 Å². The highest BCUT2D eigenvalue weighted by molar-refractivity contribution is 5.30. The summed E-state index contributed by atoms with van der Waals surface area (Å²) >= 11 is 0. The lowest BCUT2D eigenvalue weighted by Crippen LogP contribution is -2.15. The molecule has 0 bridgehead atoms. The van der Waals surface area contributed by atoms with Crippen LogP contribution in [0.5, 0.6) is 0 Å². The Kier molecular flexibility index (Phi) is 3.60. The quantitative estimate of drug-likeness (QED) is 0.768. The number of nitrogens with one attached hydrogen (secondary N) is 1. The summed E-state index contributed by atoms with van der Waals surface area (Å²) in [5.41, 5.74) is 3.26. The van der Waals surface area contributed by atoms with Gasteiger partial charge in [-0.05, 0) is 24.3 Å². The first kappa shape index (κ1) is 12.6. The molecule has 3 rings (SSSR count). The third-order valence-electron chi connectivity index (χ3n) is 3.20. The van der Waals surface area contributed by atoms with Gasteiger partial charge in [0, 0.05) is 32.5 Å². The van der Waals surface area contributed by atoms with Crippen molar-refractivity contribution in [3.63, 3.8) is 0 Å². The van der Waals surface area contributed by atoms with Crippen molar-refractivity contribution in [3.05, 3.63) is 66.2 Å². The first-order valence-corrected chi connectivity index (χ1v) is 6.60. The van der Waals surface area contributed by atoms with Crippen LogP contribution < -0.4 is 5.32 Å². The molecule has 0 unspecified atom stereocenters. The van der Waals surface area contributed by atoms with Crippen LogP contribution in [-0.4, -0.2) is 19.6 Å². The molecule has 2 heterocycles. The van der Waals surface area contributed by atoms with E-state index in [4.69, 9.17) is 0 Å².